The number of pyridine rings is 1. The van der Waals surface area contributed by atoms with Gasteiger partial charge in [0.1, 0.15) is 11.6 Å². The minimum absolute atomic E-state index is 0.000452. The van der Waals surface area contributed by atoms with Crippen LogP contribution in [0, 0.1) is 0 Å². The van der Waals surface area contributed by atoms with Crippen molar-refractivity contribution < 1.29 is 14.3 Å². The van der Waals surface area contributed by atoms with E-state index in [0.29, 0.717) is 23.5 Å². The van der Waals surface area contributed by atoms with Crippen LogP contribution in [0.15, 0.2) is 66.9 Å². The lowest BCUT2D eigenvalue weighted by Gasteiger charge is -2.09. The number of hydrogen-bond acceptors (Lipinski definition) is 5. The van der Waals surface area contributed by atoms with Crippen LogP contribution in [0.1, 0.15) is 33.2 Å². The van der Waals surface area contributed by atoms with Crippen LogP contribution in [0.3, 0.4) is 0 Å². The Kier molecular flexibility index (Phi) is 6.01. The topological polar surface area (TPSA) is 80.3 Å². The number of Topliss-reactive ketones (excluding diaryl/α,β-unsaturated/α-hetero) is 1. The van der Waals surface area contributed by atoms with E-state index in [0.717, 1.165) is 17.0 Å². The first-order valence-electron chi connectivity index (χ1n) is 8.80. The smallest absolute Gasteiger partial charge is 0.253 e. The van der Waals surface area contributed by atoms with Gasteiger partial charge in [0.2, 0.25) is 0 Å². The highest BCUT2D eigenvalue weighted by Crippen LogP contribution is 2.17. The summed E-state index contributed by atoms with van der Waals surface area (Å²) in [5.74, 6) is 1.16. The number of rotatable bonds is 7. The van der Waals surface area contributed by atoms with E-state index in [9.17, 15) is 9.59 Å². The van der Waals surface area contributed by atoms with E-state index in [4.69, 9.17) is 4.74 Å². The molecule has 6 nitrogen and oxygen atoms in total. The lowest BCUT2D eigenvalue weighted by molar-refractivity contribution is 0.0949. The van der Waals surface area contributed by atoms with Gasteiger partial charge in [-0.15, -0.1) is 0 Å². The minimum Gasteiger partial charge on any atom is -0.497 e. The van der Waals surface area contributed by atoms with Crippen molar-refractivity contribution in [3.63, 3.8) is 0 Å². The van der Waals surface area contributed by atoms with Gasteiger partial charge >= 0.3 is 0 Å². The maximum Gasteiger partial charge on any atom is 0.253 e. The van der Waals surface area contributed by atoms with Crippen LogP contribution < -0.4 is 15.4 Å². The van der Waals surface area contributed by atoms with Crippen molar-refractivity contribution in [3.8, 4) is 5.75 Å². The maximum atomic E-state index is 12.3. The molecule has 0 fully saturated rings. The minimum atomic E-state index is -0.201. The molecule has 0 aliphatic heterocycles. The first-order valence-corrected chi connectivity index (χ1v) is 8.80. The second-order valence-corrected chi connectivity index (χ2v) is 6.22. The number of ketones is 1. The van der Waals surface area contributed by atoms with Gasteiger partial charge < -0.3 is 15.4 Å². The van der Waals surface area contributed by atoms with Gasteiger partial charge in [0, 0.05) is 24.0 Å². The number of methoxy groups -OCH3 is 1. The number of aromatic nitrogens is 1. The summed E-state index contributed by atoms with van der Waals surface area (Å²) >= 11 is 0. The summed E-state index contributed by atoms with van der Waals surface area (Å²) in [5, 5.41) is 5.99. The second-order valence-electron chi connectivity index (χ2n) is 6.22. The van der Waals surface area contributed by atoms with Gasteiger partial charge in [0.15, 0.2) is 5.78 Å². The SMILES string of the molecule is COc1ccc(CNC(=O)c2ccc(Nc3cccc(C(C)=O)c3)nc2)cc1. The summed E-state index contributed by atoms with van der Waals surface area (Å²) < 4.78 is 5.12. The standard InChI is InChI=1S/C22H21N3O3/c1-15(26)17-4-3-5-19(12-17)25-21-11-8-18(14-23-21)22(27)24-13-16-6-9-20(28-2)10-7-16/h3-12,14H,13H2,1-2H3,(H,23,25)(H,24,27). The van der Waals surface area contributed by atoms with Crippen LogP contribution in [-0.4, -0.2) is 23.8 Å². The van der Waals surface area contributed by atoms with Crippen LogP contribution in [0.5, 0.6) is 5.75 Å². The Labute approximate surface area is 163 Å². The largest absolute Gasteiger partial charge is 0.497 e. The number of benzene rings is 2. The third-order valence-electron chi connectivity index (χ3n) is 4.18. The second kappa shape index (κ2) is 8.81. The van der Waals surface area contributed by atoms with Crippen molar-refractivity contribution in [1.82, 2.24) is 10.3 Å². The molecule has 142 valence electrons. The highest BCUT2D eigenvalue weighted by Gasteiger charge is 2.07. The molecule has 0 atom stereocenters. The Hall–Kier alpha value is -3.67. The van der Waals surface area contributed by atoms with Gasteiger partial charge in [-0.2, -0.15) is 0 Å². The molecule has 6 heteroatoms. The zero-order chi connectivity index (χ0) is 19.9. The zero-order valence-electron chi connectivity index (χ0n) is 15.7. The fourth-order valence-electron chi connectivity index (χ4n) is 2.59. The molecule has 0 aliphatic carbocycles. The van der Waals surface area contributed by atoms with Crippen molar-refractivity contribution in [1.29, 1.82) is 0 Å². The van der Waals surface area contributed by atoms with Gasteiger partial charge in [-0.25, -0.2) is 4.98 Å². The van der Waals surface area contributed by atoms with E-state index in [1.807, 2.05) is 30.3 Å². The first kappa shape index (κ1) is 19.1. The monoisotopic (exact) mass is 375 g/mol. The average molecular weight is 375 g/mol. The molecule has 0 radical (unpaired) electrons. The summed E-state index contributed by atoms with van der Waals surface area (Å²) in [6.07, 6.45) is 1.51. The predicted octanol–water partition coefficient (Wildman–Crippen LogP) is 3.97. The number of carbonyl (C=O) groups excluding carboxylic acids is 2. The Morgan fingerprint density at radius 3 is 2.43 bits per heavy atom. The molecule has 28 heavy (non-hydrogen) atoms. The highest BCUT2D eigenvalue weighted by atomic mass is 16.5. The van der Waals surface area contributed by atoms with Gasteiger partial charge in [-0.1, -0.05) is 24.3 Å². The molecule has 0 saturated heterocycles. The molecule has 0 saturated carbocycles. The van der Waals surface area contributed by atoms with E-state index < -0.39 is 0 Å². The van der Waals surface area contributed by atoms with E-state index in [2.05, 4.69) is 15.6 Å². The lowest BCUT2D eigenvalue weighted by Crippen LogP contribution is -2.22. The Morgan fingerprint density at radius 1 is 1.00 bits per heavy atom. The molecule has 1 amide bonds. The van der Waals surface area contributed by atoms with Crippen molar-refractivity contribution in [3.05, 3.63) is 83.6 Å². The molecule has 1 aromatic heterocycles. The van der Waals surface area contributed by atoms with Gasteiger partial charge in [-0.05, 0) is 48.9 Å². The number of nitrogens with zero attached hydrogens (tertiary/aromatic N) is 1. The summed E-state index contributed by atoms with van der Waals surface area (Å²) in [7, 11) is 1.61. The molecule has 1 heterocycles. The molecule has 0 unspecified atom stereocenters. The lowest BCUT2D eigenvalue weighted by atomic mass is 10.1. The number of carbonyl (C=O) groups is 2. The van der Waals surface area contributed by atoms with Gasteiger partial charge in [0.25, 0.3) is 5.91 Å². The van der Waals surface area contributed by atoms with Crippen LogP contribution in [0.25, 0.3) is 0 Å². The van der Waals surface area contributed by atoms with Gasteiger partial charge in [-0.3, -0.25) is 9.59 Å². The van der Waals surface area contributed by atoms with Crippen molar-refractivity contribution in [2.75, 3.05) is 12.4 Å². The van der Waals surface area contributed by atoms with E-state index >= 15 is 0 Å². The molecule has 3 rings (SSSR count). The summed E-state index contributed by atoms with van der Waals surface area (Å²) in [5.41, 5.74) is 2.83. The summed E-state index contributed by atoms with van der Waals surface area (Å²) in [4.78, 5) is 28.0. The molecular weight excluding hydrogens is 354 g/mol. The molecule has 0 spiro atoms. The number of amides is 1. The van der Waals surface area contributed by atoms with E-state index in [1.54, 1.807) is 37.4 Å². The predicted molar refractivity (Wildman–Crippen MR) is 108 cm³/mol. The Morgan fingerprint density at radius 2 is 1.79 bits per heavy atom. The molecular formula is C22H21N3O3. The van der Waals surface area contributed by atoms with Crippen LogP contribution in [-0.2, 0) is 6.54 Å². The van der Waals surface area contributed by atoms with Crippen LogP contribution in [0.4, 0.5) is 11.5 Å². The third-order valence-corrected chi connectivity index (χ3v) is 4.18. The summed E-state index contributed by atoms with van der Waals surface area (Å²) in [6, 6.07) is 18.1. The fraction of sp³-hybridized carbons (Fsp3) is 0.136. The van der Waals surface area contributed by atoms with Crippen molar-refractivity contribution >= 4 is 23.2 Å². The highest BCUT2D eigenvalue weighted by molar-refractivity contribution is 5.95. The normalized spacial score (nSPS) is 10.2. The molecule has 3 aromatic rings. The van der Waals surface area contributed by atoms with Crippen molar-refractivity contribution in [2.24, 2.45) is 0 Å². The quantitative estimate of drug-likeness (QED) is 0.611. The Balaban J connectivity index is 1.59. The molecule has 2 aromatic carbocycles. The van der Waals surface area contributed by atoms with Crippen LogP contribution in [0.2, 0.25) is 0 Å². The number of ether oxygens (including phenoxy) is 1. The Bertz CT molecular complexity index is 967. The maximum absolute atomic E-state index is 12.3. The molecule has 0 bridgehead atoms. The van der Waals surface area contributed by atoms with Crippen molar-refractivity contribution in [2.45, 2.75) is 13.5 Å². The van der Waals surface area contributed by atoms with E-state index in [-0.39, 0.29) is 11.7 Å². The fourth-order valence-corrected chi connectivity index (χ4v) is 2.59. The van der Waals surface area contributed by atoms with E-state index in [1.165, 1.54) is 13.1 Å². The van der Waals surface area contributed by atoms with Gasteiger partial charge in [0.05, 0.1) is 12.7 Å². The average Bonchev–Trinajstić information content (AvgIpc) is 2.73. The third kappa shape index (κ3) is 4.94. The number of anilines is 2. The first-order chi connectivity index (χ1) is 13.5. The zero-order valence-corrected chi connectivity index (χ0v) is 15.7. The summed E-state index contributed by atoms with van der Waals surface area (Å²) in [6.45, 7) is 1.94. The number of nitrogens with one attached hydrogen (secondary N) is 2. The van der Waals surface area contributed by atoms with Crippen LogP contribution >= 0.6 is 0 Å². The molecule has 0 aliphatic rings. The number of hydrogen-bond donors (Lipinski definition) is 2. The molecule has 2 N–H and O–H groups in total.